The maximum atomic E-state index is 13.0. The second-order valence-electron chi connectivity index (χ2n) is 2.96. The Morgan fingerprint density at radius 3 is 1.71 bits per heavy atom. The Labute approximate surface area is 87.5 Å². The first-order chi connectivity index (χ1) is 7.52. The Morgan fingerprint density at radius 1 is 0.882 bits per heavy atom. The molecular formula is C6HF7O4. The number of alkyl halides is 6. The molecule has 0 aromatic heterocycles. The Morgan fingerprint density at radius 2 is 1.35 bits per heavy atom. The van der Waals surface area contributed by atoms with Gasteiger partial charge < -0.3 is 9.47 Å². The number of hydrogen-bond donors (Lipinski definition) is 0. The monoisotopic (exact) mass is 270 g/mol. The minimum atomic E-state index is -5.36. The van der Waals surface area contributed by atoms with Crippen molar-refractivity contribution in [2.45, 2.75) is 24.3 Å². The first kappa shape index (κ1) is 12.2. The molecule has 2 aliphatic heterocycles. The van der Waals surface area contributed by atoms with Gasteiger partial charge in [-0.2, -0.15) is 22.0 Å². The lowest BCUT2D eigenvalue weighted by atomic mass is 10.2. The van der Waals surface area contributed by atoms with E-state index < -0.39 is 30.3 Å². The molecule has 1 fully saturated rings. The van der Waals surface area contributed by atoms with Crippen molar-refractivity contribution in [1.29, 1.82) is 0 Å². The van der Waals surface area contributed by atoms with Gasteiger partial charge in [-0.15, -0.1) is 8.78 Å². The molecule has 0 bridgehead atoms. The van der Waals surface area contributed by atoms with E-state index in [2.05, 4.69) is 18.9 Å². The molecule has 0 atom stereocenters. The highest BCUT2D eigenvalue weighted by Gasteiger charge is 2.86. The molecule has 11 heteroatoms. The number of hydrogen-bond acceptors (Lipinski definition) is 4. The van der Waals surface area contributed by atoms with E-state index in [1.165, 1.54) is 0 Å². The van der Waals surface area contributed by atoms with E-state index in [4.69, 9.17) is 0 Å². The lowest BCUT2D eigenvalue weighted by Gasteiger charge is -2.43. The zero-order valence-electron chi connectivity index (χ0n) is 7.36. The largest absolute Gasteiger partial charge is 0.495 e. The van der Waals surface area contributed by atoms with Gasteiger partial charge in [0.1, 0.15) is 0 Å². The zero-order chi connectivity index (χ0) is 13.1. The van der Waals surface area contributed by atoms with E-state index in [-0.39, 0.29) is 6.26 Å². The summed E-state index contributed by atoms with van der Waals surface area (Å²) in [5.74, 6) is -4.47. The SMILES string of the molecule is FC1=COC2(O1)C(F)(F)OC(F)(F)OC2(F)F. The summed E-state index contributed by atoms with van der Waals surface area (Å²) in [6.45, 7) is 0. The molecule has 2 aliphatic rings. The van der Waals surface area contributed by atoms with E-state index in [0.717, 1.165) is 0 Å². The lowest BCUT2D eigenvalue weighted by Crippen LogP contribution is -2.70. The Hall–Kier alpha value is -1.23. The fraction of sp³-hybridized carbons (Fsp3) is 0.667. The van der Waals surface area contributed by atoms with E-state index in [0.29, 0.717) is 0 Å². The van der Waals surface area contributed by atoms with Gasteiger partial charge in [0.05, 0.1) is 0 Å². The van der Waals surface area contributed by atoms with E-state index in [9.17, 15) is 30.7 Å². The smallest absolute Gasteiger partial charge is 0.440 e. The molecule has 0 amide bonds. The van der Waals surface area contributed by atoms with Gasteiger partial charge in [-0.25, -0.2) is 9.47 Å². The van der Waals surface area contributed by atoms with Gasteiger partial charge in [0.2, 0.25) is 0 Å². The van der Waals surface area contributed by atoms with Gasteiger partial charge in [-0.1, -0.05) is 0 Å². The molecule has 0 unspecified atom stereocenters. The molecule has 0 saturated carbocycles. The molecule has 0 aromatic rings. The summed E-state index contributed by atoms with van der Waals surface area (Å²) in [6.07, 6.45) is -16.3. The molecule has 4 nitrogen and oxygen atoms in total. The summed E-state index contributed by atoms with van der Waals surface area (Å²) in [7, 11) is 0. The summed E-state index contributed by atoms with van der Waals surface area (Å²) in [4.78, 5) is 0. The van der Waals surface area contributed by atoms with Gasteiger partial charge in [0.25, 0.3) is 0 Å². The van der Waals surface area contributed by atoms with Crippen LogP contribution in [0.3, 0.4) is 0 Å². The van der Waals surface area contributed by atoms with Crippen LogP contribution in [0.15, 0.2) is 12.3 Å². The third kappa shape index (κ3) is 1.52. The van der Waals surface area contributed by atoms with E-state index in [1.807, 2.05) is 0 Å². The highest BCUT2D eigenvalue weighted by molar-refractivity contribution is 5.01. The quantitative estimate of drug-likeness (QED) is 0.633. The summed E-state index contributed by atoms with van der Waals surface area (Å²) in [5, 5.41) is 0. The highest BCUT2D eigenvalue weighted by Crippen LogP contribution is 2.56. The normalized spacial score (nSPS) is 31.6. The van der Waals surface area contributed by atoms with Crippen molar-refractivity contribution in [3.05, 3.63) is 12.3 Å². The maximum absolute atomic E-state index is 13.0. The molecular weight excluding hydrogens is 269 g/mol. The van der Waals surface area contributed by atoms with E-state index >= 15 is 0 Å². The van der Waals surface area contributed by atoms with Crippen molar-refractivity contribution in [1.82, 2.24) is 0 Å². The van der Waals surface area contributed by atoms with Crippen molar-refractivity contribution >= 4 is 0 Å². The molecule has 0 aromatic carbocycles. The number of rotatable bonds is 0. The van der Waals surface area contributed by atoms with Crippen LogP contribution in [0.2, 0.25) is 0 Å². The molecule has 0 N–H and O–H groups in total. The zero-order valence-corrected chi connectivity index (χ0v) is 7.36. The van der Waals surface area contributed by atoms with Crippen molar-refractivity contribution in [2.75, 3.05) is 0 Å². The van der Waals surface area contributed by atoms with Gasteiger partial charge in [-0.05, 0) is 0 Å². The molecule has 1 spiro atoms. The second kappa shape index (κ2) is 2.96. The van der Waals surface area contributed by atoms with Crippen molar-refractivity contribution in [3.63, 3.8) is 0 Å². The number of halogens is 7. The van der Waals surface area contributed by atoms with Crippen LogP contribution in [-0.4, -0.2) is 24.3 Å². The third-order valence-electron chi connectivity index (χ3n) is 1.82. The summed E-state index contributed by atoms with van der Waals surface area (Å²) >= 11 is 0. The summed E-state index contributed by atoms with van der Waals surface area (Å²) in [6, 6.07) is -1.97. The lowest BCUT2D eigenvalue weighted by molar-refractivity contribution is -0.630. The molecule has 1 saturated heterocycles. The number of ether oxygens (including phenoxy) is 4. The third-order valence-corrected chi connectivity index (χ3v) is 1.82. The predicted molar refractivity (Wildman–Crippen MR) is 31.1 cm³/mol. The average Bonchev–Trinajstić information content (AvgIpc) is 2.42. The first-order valence-corrected chi connectivity index (χ1v) is 3.78. The van der Waals surface area contributed by atoms with Crippen LogP contribution >= 0.6 is 0 Å². The minimum absolute atomic E-state index is 0.252. The summed E-state index contributed by atoms with van der Waals surface area (Å²) < 4.78 is 101. The van der Waals surface area contributed by atoms with Crippen LogP contribution in [0.5, 0.6) is 0 Å². The van der Waals surface area contributed by atoms with Crippen molar-refractivity contribution in [2.24, 2.45) is 0 Å². The molecule has 0 radical (unpaired) electrons. The van der Waals surface area contributed by atoms with Crippen LogP contribution in [0.4, 0.5) is 30.7 Å². The molecule has 98 valence electrons. The van der Waals surface area contributed by atoms with Gasteiger partial charge >= 0.3 is 30.3 Å². The average molecular weight is 270 g/mol. The standard InChI is InChI=1S/C6HF7O4/c7-2-1-14-3(15-2)4(8,9)16-6(12,13)17-5(3,10)11/h1H. The molecule has 17 heavy (non-hydrogen) atoms. The molecule has 0 aliphatic carbocycles. The first-order valence-electron chi connectivity index (χ1n) is 3.78. The second-order valence-corrected chi connectivity index (χ2v) is 2.96. The van der Waals surface area contributed by atoms with Crippen LogP contribution in [0, 0.1) is 0 Å². The predicted octanol–water partition coefficient (Wildman–Crippen LogP) is 2.28. The Kier molecular flexibility index (Phi) is 2.13. The van der Waals surface area contributed by atoms with E-state index in [1.54, 1.807) is 0 Å². The van der Waals surface area contributed by atoms with Gasteiger partial charge in [-0.3, -0.25) is 0 Å². The van der Waals surface area contributed by atoms with Crippen LogP contribution in [0.25, 0.3) is 0 Å². The molecule has 2 rings (SSSR count). The van der Waals surface area contributed by atoms with Crippen LogP contribution in [-0.2, 0) is 18.9 Å². The maximum Gasteiger partial charge on any atom is 0.495 e. The van der Waals surface area contributed by atoms with Crippen molar-refractivity contribution in [3.8, 4) is 0 Å². The molecule has 2 heterocycles. The van der Waals surface area contributed by atoms with Crippen LogP contribution < -0.4 is 0 Å². The van der Waals surface area contributed by atoms with Crippen molar-refractivity contribution < 1.29 is 49.7 Å². The van der Waals surface area contributed by atoms with Gasteiger partial charge in [0.15, 0.2) is 6.26 Å². The van der Waals surface area contributed by atoms with Crippen LogP contribution in [0.1, 0.15) is 0 Å². The fourth-order valence-electron chi connectivity index (χ4n) is 1.19. The fourth-order valence-corrected chi connectivity index (χ4v) is 1.19. The summed E-state index contributed by atoms with van der Waals surface area (Å²) in [5.41, 5.74) is 0. The Balaban J connectivity index is 2.44. The topological polar surface area (TPSA) is 36.9 Å². The minimum Gasteiger partial charge on any atom is -0.440 e. The van der Waals surface area contributed by atoms with Gasteiger partial charge in [0, 0.05) is 0 Å². The highest BCUT2D eigenvalue weighted by atomic mass is 19.3. The Bertz CT molecular complexity index is 359.